The molecule has 3 rings (SSSR count). The lowest BCUT2D eigenvalue weighted by molar-refractivity contribution is -0.385. The van der Waals surface area contributed by atoms with Crippen molar-refractivity contribution in [3.05, 3.63) is 77.9 Å². The third-order valence-electron chi connectivity index (χ3n) is 5.28. The standard InChI is InChI=1S/C14H9Cl2NO5.C12H18ClNO2S/c1-21-14(18)10-7-9(3-4-12(10)17(19)20)22-13-5-2-8(15)6-11(13)16;1-8-7-17-10(3)12(8)14(11(15)5-13)9(2)6-16-4/h2-7H,1H3;7,9H,5-6H2,1-4H3. The van der Waals surface area contributed by atoms with Crippen LogP contribution in [0.5, 0.6) is 11.5 Å². The number of nitro benzene ring substituents is 1. The first kappa shape index (κ1) is 32.3. The molecule has 0 spiro atoms. The van der Waals surface area contributed by atoms with Gasteiger partial charge in [0.25, 0.3) is 5.69 Å². The number of amides is 1. The number of halogens is 3. The molecule has 210 valence electrons. The summed E-state index contributed by atoms with van der Waals surface area (Å²) in [5.41, 5.74) is 1.50. The Hall–Kier alpha value is -2.89. The molecule has 1 amide bonds. The van der Waals surface area contributed by atoms with Crippen LogP contribution < -0.4 is 9.64 Å². The highest BCUT2D eigenvalue weighted by molar-refractivity contribution is 7.10. The van der Waals surface area contributed by atoms with Gasteiger partial charge in [0, 0.05) is 29.1 Å². The van der Waals surface area contributed by atoms with E-state index in [9.17, 15) is 19.7 Å². The molecular weight excluding hydrogens is 591 g/mol. The number of anilines is 1. The van der Waals surface area contributed by atoms with Crippen molar-refractivity contribution in [2.75, 3.05) is 31.6 Å². The number of carbonyl (C=O) groups is 2. The molecular formula is C26H27Cl3N2O7S. The van der Waals surface area contributed by atoms with Gasteiger partial charge >= 0.3 is 5.97 Å². The number of methoxy groups -OCH3 is 2. The zero-order valence-electron chi connectivity index (χ0n) is 21.8. The third-order valence-corrected chi connectivity index (χ3v) is 7.06. The molecule has 0 saturated carbocycles. The van der Waals surface area contributed by atoms with Gasteiger partial charge in [0.1, 0.15) is 22.9 Å². The summed E-state index contributed by atoms with van der Waals surface area (Å²) in [6.45, 7) is 6.48. The lowest BCUT2D eigenvalue weighted by Gasteiger charge is -2.29. The predicted molar refractivity (Wildman–Crippen MR) is 154 cm³/mol. The van der Waals surface area contributed by atoms with Crippen LogP contribution in [0.15, 0.2) is 41.8 Å². The predicted octanol–water partition coefficient (Wildman–Crippen LogP) is 7.45. The van der Waals surface area contributed by atoms with E-state index < -0.39 is 10.9 Å². The summed E-state index contributed by atoms with van der Waals surface area (Å²) >= 11 is 19.1. The van der Waals surface area contributed by atoms with Gasteiger partial charge in [-0.05, 0) is 56.0 Å². The van der Waals surface area contributed by atoms with Gasteiger partial charge in [0.05, 0.1) is 35.4 Å². The summed E-state index contributed by atoms with van der Waals surface area (Å²) in [7, 11) is 2.77. The number of hydrogen-bond acceptors (Lipinski definition) is 8. The van der Waals surface area contributed by atoms with Crippen LogP contribution in [0.1, 0.15) is 27.7 Å². The summed E-state index contributed by atoms with van der Waals surface area (Å²) in [6.07, 6.45) is 0. The van der Waals surface area contributed by atoms with Gasteiger partial charge in [0.15, 0.2) is 0 Å². The van der Waals surface area contributed by atoms with Crippen LogP contribution in [0, 0.1) is 24.0 Å². The Morgan fingerprint density at radius 3 is 2.33 bits per heavy atom. The van der Waals surface area contributed by atoms with Gasteiger partial charge in [-0.25, -0.2) is 4.79 Å². The number of rotatable bonds is 9. The number of nitro groups is 1. The molecule has 1 heterocycles. The maximum atomic E-state index is 12.0. The molecule has 39 heavy (non-hydrogen) atoms. The van der Waals surface area contributed by atoms with E-state index in [4.69, 9.17) is 44.3 Å². The van der Waals surface area contributed by atoms with Crippen LogP contribution in [0.4, 0.5) is 11.4 Å². The highest BCUT2D eigenvalue weighted by Gasteiger charge is 2.25. The fraction of sp³-hybridized carbons (Fsp3) is 0.308. The number of benzene rings is 2. The summed E-state index contributed by atoms with van der Waals surface area (Å²) in [6, 6.07) is 8.33. The monoisotopic (exact) mass is 616 g/mol. The van der Waals surface area contributed by atoms with Crippen molar-refractivity contribution in [1.29, 1.82) is 0 Å². The average molecular weight is 618 g/mol. The SMILES string of the molecule is COC(=O)c1cc(Oc2ccc(Cl)cc2Cl)ccc1[N+](=O)[O-].COCC(C)N(C(=O)CCl)c1c(C)csc1C. The fourth-order valence-corrected chi connectivity index (χ4v) is 5.00. The zero-order chi connectivity index (χ0) is 29.3. The van der Waals surface area contributed by atoms with Gasteiger partial charge in [-0.1, -0.05) is 23.2 Å². The van der Waals surface area contributed by atoms with Crippen LogP contribution >= 0.6 is 46.1 Å². The van der Waals surface area contributed by atoms with Crippen LogP contribution in [0.25, 0.3) is 0 Å². The molecule has 0 radical (unpaired) electrons. The Balaban J connectivity index is 0.000000283. The quantitative estimate of drug-likeness (QED) is 0.106. The van der Waals surface area contributed by atoms with Crippen molar-refractivity contribution in [2.24, 2.45) is 0 Å². The number of alkyl halides is 1. The normalized spacial score (nSPS) is 11.2. The molecule has 0 bridgehead atoms. The molecule has 0 saturated heterocycles. The maximum Gasteiger partial charge on any atom is 0.345 e. The first-order valence-electron chi connectivity index (χ1n) is 11.4. The van der Waals surface area contributed by atoms with Crippen LogP contribution in [0.3, 0.4) is 0 Å². The number of esters is 1. The van der Waals surface area contributed by atoms with Gasteiger partial charge in [0.2, 0.25) is 5.91 Å². The van der Waals surface area contributed by atoms with Crippen LogP contribution in [-0.4, -0.2) is 49.5 Å². The number of hydrogen-bond donors (Lipinski definition) is 0. The number of ether oxygens (including phenoxy) is 3. The maximum absolute atomic E-state index is 12.0. The lowest BCUT2D eigenvalue weighted by Crippen LogP contribution is -2.42. The highest BCUT2D eigenvalue weighted by Crippen LogP contribution is 2.34. The van der Waals surface area contributed by atoms with E-state index in [0.717, 1.165) is 29.3 Å². The number of carbonyl (C=O) groups excluding carboxylic acids is 2. The Morgan fingerprint density at radius 1 is 1.13 bits per heavy atom. The highest BCUT2D eigenvalue weighted by atomic mass is 35.5. The molecule has 0 aliphatic rings. The number of aryl methyl sites for hydroxylation is 2. The van der Waals surface area contributed by atoms with Crippen molar-refractivity contribution >= 4 is 69.4 Å². The molecule has 0 aliphatic heterocycles. The molecule has 13 heteroatoms. The van der Waals surface area contributed by atoms with Gasteiger partial charge in [-0.3, -0.25) is 14.9 Å². The molecule has 1 unspecified atom stereocenters. The zero-order valence-corrected chi connectivity index (χ0v) is 24.9. The van der Waals surface area contributed by atoms with E-state index >= 15 is 0 Å². The first-order chi connectivity index (χ1) is 18.4. The molecule has 1 aromatic heterocycles. The molecule has 2 aromatic carbocycles. The molecule has 0 fully saturated rings. The number of nitrogens with zero attached hydrogens (tertiary/aromatic N) is 2. The molecule has 3 aromatic rings. The van der Waals surface area contributed by atoms with Gasteiger partial charge < -0.3 is 19.1 Å². The lowest BCUT2D eigenvalue weighted by atomic mass is 10.1. The second-order valence-electron chi connectivity index (χ2n) is 8.13. The van der Waals surface area contributed by atoms with Crippen LogP contribution in [0.2, 0.25) is 10.0 Å². The fourth-order valence-electron chi connectivity index (χ4n) is 3.59. The largest absolute Gasteiger partial charge is 0.465 e. The summed E-state index contributed by atoms with van der Waals surface area (Å²) in [5.74, 6) is -0.422. The van der Waals surface area contributed by atoms with Crippen LogP contribution in [-0.2, 0) is 14.3 Å². The van der Waals surface area contributed by atoms with Crippen molar-refractivity contribution < 1.29 is 28.7 Å². The summed E-state index contributed by atoms with van der Waals surface area (Å²) < 4.78 is 15.2. The molecule has 1 atom stereocenters. The third kappa shape index (κ3) is 8.55. The first-order valence-corrected chi connectivity index (χ1v) is 13.5. The topological polar surface area (TPSA) is 108 Å². The summed E-state index contributed by atoms with van der Waals surface area (Å²) in [4.78, 5) is 36.7. The second-order valence-corrected chi connectivity index (χ2v) is 10.3. The Labute approximate surface area is 245 Å². The summed E-state index contributed by atoms with van der Waals surface area (Å²) in [5, 5.41) is 13.7. The number of thiophene rings is 1. The molecule has 9 nitrogen and oxygen atoms in total. The Bertz CT molecular complexity index is 1310. The second kappa shape index (κ2) is 15.0. The molecule has 0 aliphatic carbocycles. The average Bonchev–Trinajstić information content (AvgIpc) is 3.23. The minimum Gasteiger partial charge on any atom is -0.465 e. The van der Waals surface area contributed by atoms with Crippen molar-refractivity contribution in [3.8, 4) is 11.5 Å². The smallest absolute Gasteiger partial charge is 0.345 e. The minimum atomic E-state index is -0.834. The van der Waals surface area contributed by atoms with E-state index in [2.05, 4.69) is 10.1 Å². The van der Waals surface area contributed by atoms with Crippen molar-refractivity contribution in [3.63, 3.8) is 0 Å². The molecule has 0 N–H and O–H groups in total. The Kier molecular flexibility index (Phi) is 12.5. The van der Waals surface area contributed by atoms with E-state index in [-0.39, 0.29) is 39.9 Å². The van der Waals surface area contributed by atoms with E-state index in [1.807, 2.05) is 20.8 Å². The minimum absolute atomic E-state index is 0.0111. The van der Waals surface area contributed by atoms with E-state index in [1.165, 1.54) is 18.2 Å². The Morgan fingerprint density at radius 2 is 1.82 bits per heavy atom. The van der Waals surface area contributed by atoms with Crippen molar-refractivity contribution in [1.82, 2.24) is 0 Å². The van der Waals surface area contributed by atoms with Gasteiger partial charge in [-0.15, -0.1) is 22.9 Å². The van der Waals surface area contributed by atoms with Gasteiger partial charge in [-0.2, -0.15) is 0 Å². The van der Waals surface area contributed by atoms with E-state index in [0.29, 0.717) is 17.4 Å². The van der Waals surface area contributed by atoms with E-state index in [1.54, 1.807) is 35.5 Å². The van der Waals surface area contributed by atoms with Crippen molar-refractivity contribution in [2.45, 2.75) is 26.8 Å².